The molecule has 4 nitrogen and oxygen atoms in total. The second-order valence-corrected chi connectivity index (χ2v) is 4.43. The SMILES string of the molecule is NC(=O)NN=CC1CC2CCC1CC2. The molecule has 1 atom stereocenters. The molecule has 0 aromatic heterocycles. The van der Waals surface area contributed by atoms with Gasteiger partial charge in [-0.1, -0.05) is 12.8 Å². The fraction of sp³-hybridized carbons (Fsp3) is 0.800. The highest BCUT2D eigenvalue weighted by Crippen LogP contribution is 2.44. The van der Waals surface area contributed by atoms with E-state index >= 15 is 0 Å². The second-order valence-electron chi connectivity index (χ2n) is 4.43. The molecule has 0 heterocycles. The van der Waals surface area contributed by atoms with E-state index in [1.807, 2.05) is 6.21 Å². The van der Waals surface area contributed by atoms with Gasteiger partial charge in [-0.3, -0.25) is 0 Å². The normalized spacial score (nSPS) is 36.1. The minimum atomic E-state index is -0.581. The van der Waals surface area contributed by atoms with Crippen molar-refractivity contribution in [2.75, 3.05) is 0 Å². The number of hydrazone groups is 1. The maximum atomic E-state index is 10.4. The summed E-state index contributed by atoms with van der Waals surface area (Å²) >= 11 is 0. The van der Waals surface area contributed by atoms with Crippen molar-refractivity contribution in [3.63, 3.8) is 0 Å². The first-order valence-corrected chi connectivity index (χ1v) is 5.34. The Morgan fingerprint density at radius 1 is 1.36 bits per heavy atom. The molecule has 3 rings (SSSR count). The number of fused-ring (bicyclic) bond motifs is 3. The Morgan fingerprint density at radius 3 is 2.57 bits per heavy atom. The van der Waals surface area contributed by atoms with Crippen molar-refractivity contribution in [1.29, 1.82) is 0 Å². The molecule has 0 spiro atoms. The monoisotopic (exact) mass is 195 g/mol. The largest absolute Gasteiger partial charge is 0.350 e. The van der Waals surface area contributed by atoms with Gasteiger partial charge in [0.2, 0.25) is 0 Å². The Morgan fingerprint density at radius 2 is 2.07 bits per heavy atom. The molecule has 1 unspecified atom stereocenters. The van der Waals surface area contributed by atoms with Gasteiger partial charge in [-0.2, -0.15) is 5.10 Å². The predicted octanol–water partition coefficient (Wildman–Crippen LogP) is 1.47. The van der Waals surface area contributed by atoms with Gasteiger partial charge in [0.1, 0.15) is 0 Å². The summed E-state index contributed by atoms with van der Waals surface area (Å²) in [5, 5.41) is 3.86. The Hall–Kier alpha value is -1.06. The number of nitrogens with two attached hydrogens (primary N) is 1. The molecule has 0 saturated heterocycles. The van der Waals surface area contributed by atoms with Crippen LogP contribution in [-0.2, 0) is 0 Å². The molecule has 3 aliphatic carbocycles. The molecule has 3 fully saturated rings. The lowest BCUT2D eigenvalue weighted by Crippen LogP contribution is -2.33. The van der Waals surface area contributed by atoms with Crippen LogP contribution >= 0.6 is 0 Å². The summed E-state index contributed by atoms with van der Waals surface area (Å²) in [7, 11) is 0. The summed E-state index contributed by atoms with van der Waals surface area (Å²) in [5.74, 6) is 2.25. The van der Waals surface area contributed by atoms with E-state index in [2.05, 4.69) is 10.5 Å². The van der Waals surface area contributed by atoms with Crippen molar-refractivity contribution >= 4 is 12.2 Å². The number of nitrogens with one attached hydrogen (secondary N) is 1. The molecule has 78 valence electrons. The third-order valence-electron chi connectivity index (χ3n) is 3.54. The van der Waals surface area contributed by atoms with Gasteiger partial charge in [0, 0.05) is 6.21 Å². The summed E-state index contributed by atoms with van der Waals surface area (Å²) in [4.78, 5) is 10.4. The average molecular weight is 195 g/mol. The van der Waals surface area contributed by atoms with Crippen LogP contribution in [0.15, 0.2) is 5.10 Å². The van der Waals surface area contributed by atoms with Crippen LogP contribution in [0.25, 0.3) is 0 Å². The number of primary amides is 1. The standard InChI is InChI=1S/C10H17N3O/c11-10(14)13-12-6-9-5-7-1-3-8(9)4-2-7/h6-9H,1-5H2,(H3,11,13,14). The summed E-state index contributed by atoms with van der Waals surface area (Å²) < 4.78 is 0. The Kier molecular flexibility index (Phi) is 2.70. The van der Waals surface area contributed by atoms with Gasteiger partial charge in [0.15, 0.2) is 0 Å². The zero-order chi connectivity index (χ0) is 9.97. The zero-order valence-corrected chi connectivity index (χ0v) is 8.28. The first-order chi connectivity index (χ1) is 6.75. The maximum absolute atomic E-state index is 10.4. The lowest BCUT2D eigenvalue weighted by Gasteiger charge is -2.40. The van der Waals surface area contributed by atoms with Gasteiger partial charge in [-0.15, -0.1) is 0 Å². The first kappa shape index (κ1) is 9.49. The molecular formula is C10H17N3O. The number of hydrogen-bond donors (Lipinski definition) is 2. The molecule has 0 aliphatic heterocycles. The van der Waals surface area contributed by atoms with Crippen LogP contribution in [0.1, 0.15) is 32.1 Å². The van der Waals surface area contributed by atoms with E-state index in [4.69, 9.17) is 5.73 Å². The van der Waals surface area contributed by atoms with Crippen molar-refractivity contribution in [2.24, 2.45) is 28.6 Å². The number of carbonyl (C=O) groups excluding carboxylic acids is 1. The highest BCUT2D eigenvalue weighted by Gasteiger charge is 2.34. The van der Waals surface area contributed by atoms with Gasteiger partial charge < -0.3 is 5.73 Å². The molecule has 0 aromatic rings. The summed E-state index contributed by atoms with van der Waals surface area (Å²) in [6, 6.07) is -0.581. The summed E-state index contributed by atoms with van der Waals surface area (Å²) in [5.41, 5.74) is 7.18. The fourth-order valence-corrected chi connectivity index (χ4v) is 2.81. The van der Waals surface area contributed by atoms with E-state index in [0.29, 0.717) is 5.92 Å². The quantitative estimate of drug-likeness (QED) is 0.508. The first-order valence-electron chi connectivity index (χ1n) is 5.34. The molecule has 2 amide bonds. The summed E-state index contributed by atoms with van der Waals surface area (Å²) in [6.45, 7) is 0. The third kappa shape index (κ3) is 2.05. The van der Waals surface area contributed by atoms with Crippen molar-refractivity contribution in [3.05, 3.63) is 0 Å². The fourth-order valence-electron chi connectivity index (χ4n) is 2.81. The molecule has 3 saturated carbocycles. The molecule has 14 heavy (non-hydrogen) atoms. The lowest BCUT2D eigenvalue weighted by atomic mass is 9.65. The van der Waals surface area contributed by atoms with Crippen LogP contribution < -0.4 is 11.2 Å². The third-order valence-corrected chi connectivity index (χ3v) is 3.54. The molecule has 2 bridgehead atoms. The summed E-state index contributed by atoms with van der Waals surface area (Å²) in [6.07, 6.45) is 8.56. The number of rotatable bonds is 2. The topological polar surface area (TPSA) is 67.5 Å². The van der Waals surface area contributed by atoms with E-state index in [1.165, 1.54) is 32.1 Å². The molecular weight excluding hydrogens is 178 g/mol. The zero-order valence-electron chi connectivity index (χ0n) is 8.28. The van der Waals surface area contributed by atoms with Crippen molar-refractivity contribution < 1.29 is 4.79 Å². The Balaban J connectivity index is 1.86. The molecule has 3 aliphatic rings. The van der Waals surface area contributed by atoms with Crippen LogP contribution in [0.3, 0.4) is 0 Å². The second kappa shape index (κ2) is 3.98. The highest BCUT2D eigenvalue weighted by molar-refractivity contribution is 5.73. The van der Waals surface area contributed by atoms with Gasteiger partial charge in [0.05, 0.1) is 0 Å². The number of amides is 2. The number of urea groups is 1. The molecule has 0 radical (unpaired) electrons. The number of nitrogens with zero attached hydrogens (tertiary/aromatic N) is 1. The highest BCUT2D eigenvalue weighted by atomic mass is 16.2. The van der Waals surface area contributed by atoms with Crippen LogP contribution in [-0.4, -0.2) is 12.2 Å². The van der Waals surface area contributed by atoms with Gasteiger partial charge in [-0.25, -0.2) is 10.2 Å². The minimum absolute atomic E-state index is 0.564. The Bertz CT molecular complexity index is 244. The smallest absolute Gasteiger partial charge is 0.332 e. The van der Waals surface area contributed by atoms with E-state index < -0.39 is 6.03 Å². The molecule has 4 heteroatoms. The maximum Gasteiger partial charge on any atom is 0.332 e. The Labute approximate surface area is 83.9 Å². The van der Waals surface area contributed by atoms with Crippen LogP contribution in [0.2, 0.25) is 0 Å². The van der Waals surface area contributed by atoms with Crippen molar-refractivity contribution in [1.82, 2.24) is 5.43 Å². The average Bonchev–Trinajstić information content (AvgIpc) is 2.19. The van der Waals surface area contributed by atoms with Crippen molar-refractivity contribution in [2.45, 2.75) is 32.1 Å². The van der Waals surface area contributed by atoms with E-state index in [0.717, 1.165) is 11.8 Å². The van der Waals surface area contributed by atoms with Gasteiger partial charge >= 0.3 is 6.03 Å². The van der Waals surface area contributed by atoms with E-state index in [1.54, 1.807) is 0 Å². The molecule has 0 aromatic carbocycles. The van der Waals surface area contributed by atoms with E-state index in [-0.39, 0.29) is 0 Å². The van der Waals surface area contributed by atoms with E-state index in [9.17, 15) is 4.79 Å². The predicted molar refractivity (Wildman–Crippen MR) is 54.8 cm³/mol. The van der Waals surface area contributed by atoms with Crippen LogP contribution in [0.4, 0.5) is 4.79 Å². The minimum Gasteiger partial charge on any atom is -0.350 e. The van der Waals surface area contributed by atoms with Crippen LogP contribution in [0, 0.1) is 17.8 Å². The number of hydrogen-bond acceptors (Lipinski definition) is 2. The van der Waals surface area contributed by atoms with Crippen molar-refractivity contribution in [3.8, 4) is 0 Å². The number of carbonyl (C=O) groups is 1. The van der Waals surface area contributed by atoms with Gasteiger partial charge in [-0.05, 0) is 37.0 Å². The van der Waals surface area contributed by atoms with Gasteiger partial charge in [0.25, 0.3) is 0 Å². The van der Waals surface area contributed by atoms with Crippen LogP contribution in [0.5, 0.6) is 0 Å². The lowest BCUT2D eigenvalue weighted by molar-refractivity contribution is 0.141. The molecule has 3 N–H and O–H groups in total.